The summed E-state index contributed by atoms with van der Waals surface area (Å²) in [6.07, 6.45) is -0.706. The van der Waals surface area contributed by atoms with E-state index in [1.807, 2.05) is 78.7 Å². The summed E-state index contributed by atoms with van der Waals surface area (Å²) in [5.74, 6) is -1.00. The van der Waals surface area contributed by atoms with Crippen LogP contribution in [-0.2, 0) is 20.9 Å². The molecule has 5 rings (SSSR count). The molecule has 2 amide bonds. The topological polar surface area (TPSA) is 99.2 Å². The molecule has 1 aliphatic heterocycles. The zero-order valence-corrected chi connectivity index (χ0v) is 22.5. The van der Waals surface area contributed by atoms with E-state index >= 15 is 0 Å². The van der Waals surface area contributed by atoms with Gasteiger partial charge in [-0.1, -0.05) is 78.9 Å². The van der Waals surface area contributed by atoms with Gasteiger partial charge in [0.25, 0.3) is 0 Å². The lowest BCUT2D eigenvalue weighted by molar-refractivity contribution is -0.148. The fourth-order valence-electron chi connectivity index (χ4n) is 5.30. The van der Waals surface area contributed by atoms with E-state index in [9.17, 15) is 19.5 Å². The van der Waals surface area contributed by atoms with Gasteiger partial charge in [-0.2, -0.15) is 0 Å². The minimum Gasteiger partial charge on any atom is -0.480 e. The predicted molar refractivity (Wildman–Crippen MR) is 150 cm³/mol. The number of aliphatic carboxylic acids is 1. The number of amides is 2. The molecule has 2 atom stereocenters. The van der Waals surface area contributed by atoms with Gasteiger partial charge < -0.3 is 20.1 Å². The number of hydrogen-bond donors (Lipinski definition) is 2. The predicted octanol–water partition coefficient (Wildman–Crippen LogP) is 4.01. The summed E-state index contributed by atoms with van der Waals surface area (Å²) in [5, 5.41) is 12.4. The monoisotopic (exact) mass is 545 g/mol. The number of hydrogen-bond acceptors (Lipinski definition) is 6. The average molecular weight is 546 g/mol. The molecule has 202 valence electrons. The number of likely N-dealkylation sites (N-methyl/N-ethyl adjacent to an activating group) is 1. The number of nitrogens with zero attached hydrogens (tertiary/aromatic N) is 2. The van der Waals surface area contributed by atoms with Gasteiger partial charge in [0.05, 0.1) is 5.88 Å². The first-order valence-corrected chi connectivity index (χ1v) is 14.0. The minimum absolute atomic E-state index is 0.107. The van der Waals surface area contributed by atoms with Crippen molar-refractivity contribution in [3.63, 3.8) is 0 Å². The van der Waals surface area contributed by atoms with Gasteiger partial charge in [-0.15, -0.1) is 11.8 Å². The van der Waals surface area contributed by atoms with Crippen LogP contribution in [0, 0.1) is 0 Å². The van der Waals surface area contributed by atoms with Crippen LogP contribution in [0.4, 0.5) is 4.79 Å². The van der Waals surface area contributed by atoms with Crippen LogP contribution in [-0.4, -0.2) is 76.8 Å². The molecule has 2 N–H and O–H groups in total. The van der Waals surface area contributed by atoms with Gasteiger partial charge in [-0.25, -0.2) is 9.59 Å². The molecule has 1 heterocycles. The summed E-state index contributed by atoms with van der Waals surface area (Å²) in [6.45, 7) is 0.886. The molecular formula is C30H31N3O5S. The summed E-state index contributed by atoms with van der Waals surface area (Å²) in [7, 11) is 1.86. The molecule has 1 saturated heterocycles. The minimum atomic E-state index is -1.05. The summed E-state index contributed by atoms with van der Waals surface area (Å²) >= 11 is 1.39. The summed E-state index contributed by atoms with van der Waals surface area (Å²) in [6, 6.07) is 24.1. The number of carbonyl (C=O) groups is 3. The van der Waals surface area contributed by atoms with Crippen LogP contribution in [0.2, 0.25) is 0 Å². The van der Waals surface area contributed by atoms with Crippen molar-refractivity contribution in [2.24, 2.45) is 0 Å². The normalized spacial score (nSPS) is 17.0. The quantitative estimate of drug-likeness (QED) is 0.419. The van der Waals surface area contributed by atoms with Gasteiger partial charge >= 0.3 is 12.1 Å². The molecule has 2 aliphatic rings. The van der Waals surface area contributed by atoms with Crippen molar-refractivity contribution in [1.82, 2.24) is 15.1 Å². The van der Waals surface area contributed by atoms with E-state index in [0.29, 0.717) is 12.3 Å². The summed E-state index contributed by atoms with van der Waals surface area (Å²) < 4.78 is 5.70. The molecule has 9 heteroatoms. The van der Waals surface area contributed by atoms with Crippen LogP contribution >= 0.6 is 11.8 Å². The molecule has 0 bridgehead atoms. The van der Waals surface area contributed by atoms with Gasteiger partial charge in [-0.05, 0) is 34.9 Å². The molecule has 1 aliphatic carbocycles. The van der Waals surface area contributed by atoms with Crippen LogP contribution < -0.4 is 5.32 Å². The van der Waals surface area contributed by atoms with Crippen molar-refractivity contribution >= 4 is 29.7 Å². The van der Waals surface area contributed by atoms with Gasteiger partial charge in [0.2, 0.25) is 5.91 Å². The fourth-order valence-corrected chi connectivity index (χ4v) is 6.46. The van der Waals surface area contributed by atoms with Crippen molar-refractivity contribution in [3.8, 4) is 11.1 Å². The molecule has 3 aromatic carbocycles. The van der Waals surface area contributed by atoms with E-state index in [1.165, 1.54) is 16.7 Å². The second-order valence-corrected chi connectivity index (χ2v) is 10.9. The van der Waals surface area contributed by atoms with Crippen LogP contribution in [0.5, 0.6) is 0 Å². The molecule has 3 aromatic rings. The highest BCUT2D eigenvalue weighted by atomic mass is 32.2. The Morgan fingerprint density at radius 1 is 1.00 bits per heavy atom. The van der Waals surface area contributed by atoms with E-state index in [2.05, 4.69) is 17.4 Å². The smallest absolute Gasteiger partial charge is 0.407 e. The van der Waals surface area contributed by atoms with Crippen LogP contribution in [0.15, 0.2) is 78.9 Å². The van der Waals surface area contributed by atoms with Crippen molar-refractivity contribution in [2.75, 3.05) is 31.8 Å². The number of carboxylic acid groups (broad SMARTS) is 1. The Bertz CT molecular complexity index is 1310. The maximum absolute atomic E-state index is 13.5. The number of ether oxygens (including phenoxy) is 1. The molecule has 1 unspecified atom stereocenters. The molecule has 0 radical (unpaired) electrons. The number of fused-ring (bicyclic) bond motifs is 3. The Kier molecular flexibility index (Phi) is 8.18. The lowest BCUT2D eigenvalue weighted by Gasteiger charge is -2.29. The van der Waals surface area contributed by atoms with E-state index < -0.39 is 30.1 Å². The van der Waals surface area contributed by atoms with Crippen molar-refractivity contribution < 1.29 is 24.2 Å². The molecule has 0 aromatic heterocycles. The maximum Gasteiger partial charge on any atom is 0.407 e. The Labute approximate surface area is 231 Å². The van der Waals surface area contributed by atoms with E-state index in [-0.39, 0.29) is 24.9 Å². The second kappa shape index (κ2) is 11.9. The number of rotatable bonds is 9. The average Bonchev–Trinajstić information content (AvgIpc) is 3.55. The number of carbonyl (C=O) groups excluding carboxylic acids is 2. The first-order valence-electron chi connectivity index (χ1n) is 12.9. The SMILES string of the molecule is CN(Cc1ccccc1)CC(NC(=O)OCC1c2ccccc2-c2ccccc21)C(=O)N1CSC[C@H]1C(=O)O. The third-order valence-electron chi connectivity index (χ3n) is 7.17. The Morgan fingerprint density at radius 2 is 1.62 bits per heavy atom. The van der Waals surface area contributed by atoms with Gasteiger partial charge in [0.1, 0.15) is 18.7 Å². The fraction of sp³-hybridized carbons (Fsp3) is 0.300. The zero-order valence-electron chi connectivity index (χ0n) is 21.7. The van der Waals surface area contributed by atoms with Crippen LogP contribution in [0.25, 0.3) is 11.1 Å². The van der Waals surface area contributed by atoms with Gasteiger partial charge in [0.15, 0.2) is 0 Å². The van der Waals surface area contributed by atoms with E-state index in [1.54, 1.807) is 0 Å². The number of alkyl carbamates (subject to hydrolysis) is 1. The van der Waals surface area contributed by atoms with Crippen molar-refractivity contribution in [3.05, 3.63) is 95.6 Å². The third-order valence-corrected chi connectivity index (χ3v) is 8.19. The molecular weight excluding hydrogens is 514 g/mol. The van der Waals surface area contributed by atoms with Crippen molar-refractivity contribution in [1.29, 1.82) is 0 Å². The highest BCUT2D eigenvalue weighted by Gasteiger charge is 2.39. The first kappa shape index (κ1) is 26.8. The number of benzene rings is 3. The number of nitrogens with one attached hydrogen (secondary N) is 1. The molecule has 0 saturated carbocycles. The zero-order chi connectivity index (χ0) is 27.4. The van der Waals surface area contributed by atoms with E-state index in [4.69, 9.17) is 4.74 Å². The lowest BCUT2D eigenvalue weighted by Crippen LogP contribution is -2.55. The number of carboxylic acids is 1. The lowest BCUT2D eigenvalue weighted by atomic mass is 9.98. The highest BCUT2D eigenvalue weighted by molar-refractivity contribution is 7.99. The first-order chi connectivity index (χ1) is 18.9. The highest BCUT2D eigenvalue weighted by Crippen LogP contribution is 2.44. The third kappa shape index (κ3) is 5.94. The van der Waals surface area contributed by atoms with Crippen LogP contribution in [0.3, 0.4) is 0 Å². The van der Waals surface area contributed by atoms with E-state index in [0.717, 1.165) is 27.8 Å². The molecule has 8 nitrogen and oxygen atoms in total. The summed E-state index contributed by atoms with van der Waals surface area (Å²) in [5.41, 5.74) is 5.51. The van der Waals surface area contributed by atoms with Crippen LogP contribution in [0.1, 0.15) is 22.6 Å². The van der Waals surface area contributed by atoms with Gasteiger partial charge in [-0.3, -0.25) is 9.69 Å². The standard InChI is InChI=1S/C30H31N3O5S/c1-32(15-20-9-3-2-4-10-20)16-26(28(34)33-19-39-18-27(33)29(35)36)31-30(37)38-17-25-23-13-7-5-11-21(23)22-12-6-8-14-24(22)25/h2-14,25-27H,15-19H2,1H3,(H,31,37)(H,35,36)/t26?,27-/m0/s1. The number of thioether (sulfide) groups is 1. The molecule has 39 heavy (non-hydrogen) atoms. The Morgan fingerprint density at radius 3 is 2.26 bits per heavy atom. The molecule has 1 fully saturated rings. The molecule has 0 spiro atoms. The van der Waals surface area contributed by atoms with Crippen molar-refractivity contribution in [2.45, 2.75) is 24.5 Å². The summed E-state index contributed by atoms with van der Waals surface area (Å²) in [4.78, 5) is 41.6. The second-order valence-electron chi connectivity index (χ2n) is 9.87. The Hall–Kier alpha value is -3.82. The maximum atomic E-state index is 13.5. The largest absolute Gasteiger partial charge is 0.480 e. The van der Waals surface area contributed by atoms with Gasteiger partial charge in [0, 0.05) is 24.8 Å². The Balaban J connectivity index is 1.29.